The summed E-state index contributed by atoms with van der Waals surface area (Å²) in [5, 5.41) is 2.62. The summed E-state index contributed by atoms with van der Waals surface area (Å²) in [6.07, 6.45) is 1.61. The summed E-state index contributed by atoms with van der Waals surface area (Å²) in [7, 11) is 0. The molecule has 1 atom stereocenters. The Balaban J connectivity index is 1.96. The molecule has 0 saturated heterocycles. The molecule has 0 spiro atoms. The molecule has 3 rings (SSSR count). The van der Waals surface area contributed by atoms with Crippen LogP contribution in [0.15, 0.2) is 66.9 Å². The van der Waals surface area contributed by atoms with E-state index < -0.39 is 23.6 Å². The highest BCUT2D eigenvalue weighted by Crippen LogP contribution is 2.24. The van der Waals surface area contributed by atoms with Crippen LogP contribution in [0.2, 0.25) is 5.02 Å². The first-order valence-electron chi connectivity index (χ1n) is 7.47. The van der Waals surface area contributed by atoms with Gasteiger partial charge in [-0.3, -0.25) is 9.78 Å². The largest absolute Gasteiger partial charge is 0.339 e. The number of carbonyl (C=O) groups excluding carboxylic acids is 1. The summed E-state index contributed by atoms with van der Waals surface area (Å²) < 4.78 is 26.7. The van der Waals surface area contributed by atoms with E-state index in [1.165, 1.54) is 0 Å². The van der Waals surface area contributed by atoms with Crippen LogP contribution in [0.3, 0.4) is 0 Å². The minimum atomic E-state index is -1.14. The third kappa shape index (κ3) is 3.83. The van der Waals surface area contributed by atoms with Gasteiger partial charge in [-0.05, 0) is 29.8 Å². The maximum absolute atomic E-state index is 13.5. The van der Waals surface area contributed by atoms with Crippen LogP contribution < -0.4 is 5.32 Å². The topological polar surface area (TPSA) is 42.0 Å². The molecule has 0 aliphatic rings. The second-order valence-electron chi connectivity index (χ2n) is 5.32. The second kappa shape index (κ2) is 7.40. The quantitative estimate of drug-likeness (QED) is 0.696. The van der Waals surface area contributed by atoms with Gasteiger partial charge in [-0.2, -0.15) is 0 Å². The lowest BCUT2D eigenvalue weighted by Crippen LogP contribution is -2.30. The molecule has 1 unspecified atom stereocenters. The Bertz CT molecular complexity index is 849. The summed E-state index contributed by atoms with van der Waals surface area (Å²) in [5.41, 5.74) is 1.27. The minimum Gasteiger partial charge on any atom is -0.339 e. The van der Waals surface area contributed by atoms with Gasteiger partial charge >= 0.3 is 0 Å². The van der Waals surface area contributed by atoms with Crippen LogP contribution in [0, 0.1) is 11.6 Å². The number of carbonyl (C=O) groups is 1. The fourth-order valence-corrected chi connectivity index (χ4v) is 2.66. The monoisotopic (exact) mass is 358 g/mol. The Labute approximate surface area is 148 Å². The molecule has 0 aliphatic heterocycles. The van der Waals surface area contributed by atoms with Gasteiger partial charge in [0.1, 0.15) is 0 Å². The van der Waals surface area contributed by atoms with Crippen LogP contribution in [0.25, 0.3) is 0 Å². The van der Waals surface area contributed by atoms with E-state index in [4.69, 9.17) is 11.6 Å². The molecule has 2 aromatic carbocycles. The molecular weight excluding hydrogens is 346 g/mol. The zero-order chi connectivity index (χ0) is 17.8. The number of hydrogen-bond donors (Lipinski definition) is 1. The molecule has 3 nitrogen and oxygen atoms in total. The van der Waals surface area contributed by atoms with Crippen LogP contribution in [0.5, 0.6) is 0 Å². The summed E-state index contributed by atoms with van der Waals surface area (Å²) in [6.45, 7) is 0. The molecule has 126 valence electrons. The standard InChI is InChI=1S/C19H13ClF2N2O/c20-14-11-16(22)15(21)10-13(14)19(25)24-18(12-6-2-1-3-7-12)17-8-4-5-9-23-17/h1-11,18H,(H,24,25). The summed E-state index contributed by atoms with van der Waals surface area (Å²) in [5.74, 6) is -2.86. The van der Waals surface area contributed by atoms with Crippen molar-refractivity contribution in [2.75, 3.05) is 0 Å². The first-order valence-corrected chi connectivity index (χ1v) is 7.85. The van der Waals surface area contributed by atoms with Gasteiger partial charge < -0.3 is 5.32 Å². The van der Waals surface area contributed by atoms with Crippen molar-refractivity contribution in [3.63, 3.8) is 0 Å². The van der Waals surface area contributed by atoms with E-state index in [0.29, 0.717) is 5.69 Å². The summed E-state index contributed by atoms with van der Waals surface area (Å²) in [6, 6.07) is 15.5. The first-order chi connectivity index (χ1) is 12.1. The van der Waals surface area contributed by atoms with Gasteiger partial charge in [0.25, 0.3) is 5.91 Å². The summed E-state index contributed by atoms with van der Waals surface area (Å²) in [4.78, 5) is 16.8. The Hall–Kier alpha value is -2.79. The average molecular weight is 359 g/mol. The van der Waals surface area contributed by atoms with Crippen molar-refractivity contribution >= 4 is 17.5 Å². The van der Waals surface area contributed by atoms with Gasteiger partial charge in [-0.25, -0.2) is 8.78 Å². The van der Waals surface area contributed by atoms with E-state index in [1.54, 1.807) is 24.4 Å². The van der Waals surface area contributed by atoms with E-state index in [9.17, 15) is 13.6 Å². The molecule has 1 N–H and O–H groups in total. The smallest absolute Gasteiger partial charge is 0.253 e. The first kappa shape index (κ1) is 17.0. The van der Waals surface area contributed by atoms with Gasteiger partial charge in [0.2, 0.25) is 0 Å². The average Bonchev–Trinajstić information content (AvgIpc) is 2.64. The van der Waals surface area contributed by atoms with Gasteiger partial charge in [-0.1, -0.05) is 48.0 Å². The van der Waals surface area contributed by atoms with Crippen molar-refractivity contribution < 1.29 is 13.6 Å². The minimum absolute atomic E-state index is 0.141. The van der Waals surface area contributed by atoms with E-state index >= 15 is 0 Å². The van der Waals surface area contributed by atoms with Gasteiger partial charge in [0, 0.05) is 6.20 Å². The molecular formula is C19H13ClF2N2O. The lowest BCUT2D eigenvalue weighted by atomic mass is 10.0. The predicted octanol–water partition coefficient (Wildman–Crippen LogP) is 4.53. The fraction of sp³-hybridized carbons (Fsp3) is 0.0526. The third-order valence-electron chi connectivity index (χ3n) is 3.65. The summed E-state index contributed by atoms with van der Waals surface area (Å²) >= 11 is 5.89. The highest BCUT2D eigenvalue weighted by atomic mass is 35.5. The Morgan fingerprint density at radius 2 is 1.68 bits per heavy atom. The molecule has 1 amide bonds. The van der Waals surface area contributed by atoms with Crippen molar-refractivity contribution in [2.24, 2.45) is 0 Å². The van der Waals surface area contributed by atoms with E-state index in [-0.39, 0.29) is 10.6 Å². The van der Waals surface area contributed by atoms with Gasteiger partial charge in [0.15, 0.2) is 11.6 Å². The number of pyridine rings is 1. The SMILES string of the molecule is O=C(NC(c1ccccc1)c1ccccn1)c1cc(F)c(F)cc1Cl. The number of halogens is 3. The number of rotatable bonds is 4. The molecule has 3 aromatic rings. The lowest BCUT2D eigenvalue weighted by molar-refractivity contribution is 0.0942. The number of hydrogen-bond acceptors (Lipinski definition) is 2. The van der Waals surface area contributed by atoms with Crippen molar-refractivity contribution in [3.8, 4) is 0 Å². The highest BCUT2D eigenvalue weighted by Gasteiger charge is 2.21. The maximum atomic E-state index is 13.5. The van der Waals surface area contributed by atoms with E-state index in [0.717, 1.165) is 17.7 Å². The normalized spacial score (nSPS) is 11.8. The predicted molar refractivity (Wildman–Crippen MR) is 91.4 cm³/mol. The molecule has 1 aromatic heterocycles. The number of aromatic nitrogens is 1. The molecule has 0 saturated carbocycles. The Morgan fingerprint density at radius 3 is 2.36 bits per heavy atom. The number of nitrogens with zero attached hydrogens (tertiary/aromatic N) is 1. The molecule has 0 fully saturated rings. The Kier molecular flexibility index (Phi) is 5.05. The van der Waals surface area contributed by atoms with E-state index in [2.05, 4.69) is 10.3 Å². The lowest BCUT2D eigenvalue weighted by Gasteiger charge is -2.19. The molecule has 0 radical (unpaired) electrons. The van der Waals surface area contributed by atoms with Crippen molar-refractivity contribution in [1.29, 1.82) is 0 Å². The van der Waals surface area contributed by atoms with Crippen LogP contribution in [0.1, 0.15) is 27.7 Å². The van der Waals surface area contributed by atoms with Crippen molar-refractivity contribution in [1.82, 2.24) is 10.3 Å². The molecule has 25 heavy (non-hydrogen) atoms. The molecule has 6 heteroatoms. The van der Waals surface area contributed by atoms with Crippen LogP contribution in [-0.2, 0) is 0 Å². The van der Waals surface area contributed by atoms with Gasteiger partial charge in [0.05, 0.1) is 22.3 Å². The van der Waals surface area contributed by atoms with Gasteiger partial charge in [-0.15, -0.1) is 0 Å². The number of amides is 1. The van der Waals surface area contributed by atoms with Crippen LogP contribution in [-0.4, -0.2) is 10.9 Å². The highest BCUT2D eigenvalue weighted by molar-refractivity contribution is 6.33. The molecule has 0 aliphatic carbocycles. The van der Waals surface area contributed by atoms with E-state index in [1.807, 2.05) is 30.3 Å². The van der Waals surface area contributed by atoms with Crippen molar-refractivity contribution in [2.45, 2.75) is 6.04 Å². The molecule has 1 heterocycles. The van der Waals surface area contributed by atoms with Crippen LogP contribution >= 0.6 is 11.6 Å². The number of nitrogens with one attached hydrogen (secondary N) is 1. The zero-order valence-electron chi connectivity index (χ0n) is 12.9. The van der Waals surface area contributed by atoms with Crippen molar-refractivity contribution in [3.05, 3.63) is 100 Å². The zero-order valence-corrected chi connectivity index (χ0v) is 13.7. The number of benzene rings is 2. The Morgan fingerprint density at radius 1 is 1.00 bits per heavy atom. The molecule has 0 bridgehead atoms. The fourth-order valence-electron chi connectivity index (χ4n) is 2.43. The van der Waals surface area contributed by atoms with Crippen LogP contribution in [0.4, 0.5) is 8.78 Å². The maximum Gasteiger partial charge on any atom is 0.253 e. The third-order valence-corrected chi connectivity index (χ3v) is 3.96. The second-order valence-corrected chi connectivity index (χ2v) is 5.73.